The molecule has 1 aromatic carbocycles. The molecule has 1 amide bonds. The summed E-state index contributed by atoms with van der Waals surface area (Å²) in [5.74, 6) is -1.51. The van der Waals surface area contributed by atoms with E-state index in [0.29, 0.717) is 24.3 Å². The predicted octanol–water partition coefficient (Wildman–Crippen LogP) is 3.34. The van der Waals surface area contributed by atoms with Crippen LogP contribution in [-0.4, -0.2) is 67.5 Å². The van der Waals surface area contributed by atoms with Crippen LogP contribution in [0.1, 0.15) is 36.7 Å². The average molecular weight is 460 g/mol. The highest BCUT2D eigenvalue weighted by Crippen LogP contribution is 2.39. The summed E-state index contributed by atoms with van der Waals surface area (Å²) in [6.07, 6.45) is 4.78. The van der Waals surface area contributed by atoms with Crippen molar-refractivity contribution in [2.45, 2.75) is 26.8 Å². The lowest BCUT2D eigenvalue weighted by Gasteiger charge is -2.28. The van der Waals surface area contributed by atoms with Crippen molar-refractivity contribution in [2.24, 2.45) is 0 Å². The molecule has 0 bridgehead atoms. The maximum atomic E-state index is 13.2. The van der Waals surface area contributed by atoms with Gasteiger partial charge in [-0.15, -0.1) is 0 Å². The Labute approximate surface area is 199 Å². The van der Waals surface area contributed by atoms with E-state index in [1.54, 1.807) is 34.1 Å². The van der Waals surface area contributed by atoms with Gasteiger partial charge in [-0.1, -0.05) is 32.0 Å². The number of hydrogen-bond acceptors (Lipinski definition) is 6. The van der Waals surface area contributed by atoms with Gasteiger partial charge in [0.15, 0.2) is 0 Å². The third kappa shape index (κ3) is 4.24. The number of aliphatic hydroxyl groups excluding tert-OH is 1. The topological polar surface area (TPSA) is 91.6 Å². The molecule has 0 aliphatic carbocycles. The summed E-state index contributed by atoms with van der Waals surface area (Å²) >= 11 is 0. The van der Waals surface area contributed by atoms with E-state index in [4.69, 9.17) is 0 Å². The number of benzene rings is 1. The van der Waals surface area contributed by atoms with Crippen molar-refractivity contribution in [3.8, 4) is 5.69 Å². The lowest BCUT2D eigenvalue weighted by molar-refractivity contribution is -0.140. The Morgan fingerprint density at radius 1 is 1.06 bits per heavy atom. The van der Waals surface area contributed by atoms with Gasteiger partial charge in [-0.05, 0) is 49.8 Å². The van der Waals surface area contributed by atoms with E-state index >= 15 is 0 Å². The zero-order chi connectivity index (χ0) is 24.2. The molecule has 8 heteroatoms. The number of para-hydroxylation sites is 1. The largest absolute Gasteiger partial charge is 0.507 e. The monoisotopic (exact) mass is 459 g/mol. The molecule has 3 heterocycles. The number of aromatic nitrogens is 3. The van der Waals surface area contributed by atoms with E-state index in [1.165, 1.54) is 6.20 Å². The molecular weight excluding hydrogens is 430 g/mol. The molecule has 3 aromatic rings. The summed E-state index contributed by atoms with van der Waals surface area (Å²) in [7, 11) is 0. The fourth-order valence-corrected chi connectivity index (χ4v) is 4.41. The molecule has 0 unspecified atom stereocenters. The first-order valence-corrected chi connectivity index (χ1v) is 11.5. The summed E-state index contributed by atoms with van der Waals surface area (Å²) in [6.45, 7) is 8.64. The highest BCUT2D eigenvalue weighted by molar-refractivity contribution is 6.46. The second kappa shape index (κ2) is 10.0. The number of carbonyl (C=O) groups excluding carboxylic acids is 2. The number of likely N-dealkylation sites (N-methyl/N-ethyl adjacent to an activating group) is 1. The van der Waals surface area contributed by atoms with Crippen molar-refractivity contribution < 1.29 is 14.7 Å². The van der Waals surface area contributed by atoms with Crippen molar-refractivity contribution in [1.82, 2.24) is 24.6 Å². The average Bonchev–Trinajstić information content (AvgIpc) is 3.38. The van der Waals surface area contributed by atoms with Crippen LogP contribution in [0.25, 0.3) is 11.4 Å². The second-order valence-electron chi connectivity index (χ2n) is 8.19. The molecular formula is C26H29N5O3. The summed E-state index contributed by atoms with van der Waals surface area (Å²) in [5.41, 5.74) is 2.73. The molecule has 0 saturated carbocycles. The normalized spacial score (nSPS) is 17.6. The van der Waals surface area contributed by atoms with E-state index in [2.05, 4.69) is 28.8 Å². The molecule has 34 heavy (non-hydrogen) atoms. The van der Waals surface area contributed by atoms with Crippen LogP contribution < -0.4 is 0 Å². The van der Waals surface area contributed by atoms with Crippen LogP contribution in [0, 0.1) is 6.92 Å². The maximum Gasteiger partial charge on any atom is 0.295 e. The van der Waals surface area contributed by atoms with Crippen LogP contribution in [-0.2, 0) is 9.59 Å². The summed E-state index contributed by atoms with van der Waals surface area (Å²) in [6, 6.07) is 12.4. The lowest BCUT2D eigenvalue weighted by atomic mass is 9.96. The SMILES string of the molecule is CCN(CC)CCN1C(=O)C(=O)C(=C(O)c2cnn(-c3ccccc3)c2C)[C@H]1c1ccncc1. The minimum Gasteiger partial charge on any atom is -0.507 e. The number of nitrogens with zero attached hydrogens (tertiary/aromatic N) is 5. The lowest BCUT2D eigenvalue weighted by Crippen LogP contribution is -2.38. The Morgan fingerprint density at radius 2 is 1.74 bits per heavy atom. The number of aliphatic hydroxyl groups is 1. The van der Waals surface area contributed by atoms with E-state index in [-0.39, 0.29) is 11.3 Å². The van der Waals surface area contributed by atoms with Crippen molar-refractivity contribution in [1.29, 1.82) is 0 Å². The molecule has 176 valence electrons. The number of pyridine rings is 1. The highest BCUT2D eigenvalue weighted by atomic mass is 16.3. The molecule has 1 saturated heterocycles. The number of ketones is 1. The van der Waals surface area contributed by atoms with Gasteiger partial charge in [-0.2, -0.15) is 5.10 Å². The van der Waals surface area contributed by atoms with Gasteiger partial charge in [0, 0.05) is 25.5 Å². The molecule has 1 aliphatic heterocycles. The number of amides is 1. The number of likely N-dealkylation sites (tertiary alicyclic amines) is 1. The van der Waals surface area contributed by atoms with Gasteiger partial charge in [-0.25, -0.2) is 4.68 Å². The van der Waals surface area contributed by atoms with Gasteiger partial charge in [0.2, 0.25) is 0 Å². The Balaban J connectivity index is 1.79. The van der Waals surface area contributed by atoms with Crippen LogP contribution in [0.15, 0.2) is 66.6 Å². The van der Waals surface area contributed by atoms with Crippen molar-refractivity contribution in [3.05, 3.63) is 83.4 Å². The Hall–Kier alpha value is -3.78. The third-order valence-electron chi connectivity index (χ3n) is 6.38. The van der Waals surface area contributed by atoms with Crippen LogP contribution in [0.2, 0.25) is 0 Å². The fourth-order valence-electron chi connectivity index (χ4n) is 4.41. The Bertz CT molecular complexity index is 1200. The maximum absolute atomic E-state index is 13.2. The van der Waals surface area contributed by atoms with Gasteiger partial charge in [0.05, 0.1) is 34.8 Å². The summed E-state index contributed by atoms with van der Waals surface area (Å²) in [4.78, 5) is 34.1. The third-order valence-corrected chi connectivity index (χ3v) is 6.38. The van der Waals surface area contributed by atoms with E-state index in [9.17, 15) is 14.7 Å². The molecule has 0 radical (unpaired) electrons. The van der Waals surface area contributed by atoms with Crippen LogP contribution >= 0.6 is 0 Å². The number of rotatable bonds is 8. The zero-order valence-electron chi connectivity index (χ0n) is 19.7. The van der Waals surface area contributed by atoms with Gasteiger partial charge >= 0.3 is 0 Å². The molecule has 8 nitrogen and oxygen atoms in total. The van der Waals surface area contributed by atoms with E-state index < -0.39 is 17.7 Å². The molecule has 1 fully saturated rings. The molecule has 1 aliphatic rings. The Morgan fingerprint density at radius 3 is 2.38 bits per heavy atom. The molecule has 1 atom stereocenters. The van der Waals surface area contributed by atoms with Crippen molar-refractivity contribution >= 4 is 17.4 Å². The zero-order valence-corrected chi connectivity index (χ0v) is 19.7. The molecule has 1 N–H and O–H groups in total. The minimum absolute atomic E-state index is 0.0754. The van der Waals surface area contributed by atoms with Crippen molar-refractivity contribution in [3.63, 3.8) is 0 Å². The first-order chi connectivity index (χ1) is 16.5. The number of carbonyl (C=O) groups is 2. The van der Waals surface area contributed by atoms with Gasteiger partial charge in [-0.3, -0.25) is 14.6 Å². The smallest absolute Gasteiger partial charge is 0.295 e. The van der Waals surface area contributed by atoms with Crippen LogP contribution in [0.5, 0.6) is 0 Å². The minimum atomic E-state index is -0.696. The van der Waals surface area contributed by atoms with Gasteiger partial charge < -0.3 is 14.9 Å². The first kappa shape index (κ1) is 23.4. The standard InChI is InChI=1S/C26H29N5O3/c1-4-29(5-2)15-16-30-23(19-11-13-27-14-12-19)22(25(33)26(30)34)24(32)21-17-28-31(18(21)3)20-9-7-6-8-10-20/h6-14,17,23,32H,4-5,15-16H2,1-3H3/t23-/m1/s1. The molecule has 0 spiro atoms. The van der Waals surface area contributed by atoms with E-state index in [0.717, 1.165) is 24.3 Å². The molecule has 2 aromatic heterocycles. The van der Waals surface area contributed by atoms with Crippen LogP contribution in [0.4, 0.5) is 0 Å². The van der Waals surface area contributed by atoms with Crippen molar-refractivity contribution in [2.75, 3.05) is 26.2 Å². The number of Topliss-reactive ketones (excluding diaryl/α,β-unsaturated/α-hetero) is 1. The highest BCUT2D eigenvalue weighted by Gasteiger charge is 2.46. The van der Waals surface area contributed by atoms with Gasteiger partial charge in [0.1, 0.15) is 5.76 Å². The quantitative estimate of drug-likeness (QED) is 0.316. The van der Waals surface area contributed by atoms with Crippen LogP contribution in [0.3, 0.4) is 0 Å². The predicted molar refractivity (Wildman–Crippen MR) is 129 cm³/mol. The number of hydrogen-bond donors (Lipinski definition) is 1. The summed E-state index contributed by atoms with van der Waals surface area (Å²) < 4.78 is 1.70. The molecule has 4 rings (SSSR count). The first-order valence-electron chi connectivity index (χ1n) is 11.5. The fraction of sp³-hybridized carbons (Fsp3) is 0.308. The summed E-state index contributed by atoms with van der Waals surface area (Å²) in [5, 5.41) is 15.8. The van der Waals surface area contributed by atoms with E-state index in [1.807, 2.05) is 37.3 Å². The van der Waals surface area contributed by atoms with Gasteiger partial charge in [0.25, 0.3) is 11.7 Å². The Kier molecular flexibility index (Phi) is 6.88. The second-order valence-corrected chi connectivity index (χ2v) is 8.19.